The molecule has 1 N–H and O–H groups in total. The maximum absolute atomic E-state index is 5.40. The fourth-order valence-corrected chi connectivity index (χ4v) is 2.89. The maximum atomic E-state index is 5.40. The third-order valence-electron chi connectivity index (χ3n) is 3.07. The van der Waals surface area contributed by atoms with Gasteiger partial charge in [0, 0.05) is 30.9 Å². The molecular weight excluding hydrogens is 208 g/mol. The summed E-state index contributed by atoms with van der Waals surface area (Å²) in [6, 6.07) is 0.493. The molecule has 0 aromatic heterocycles. The van der Waals surface area contributed by atoms with Crippen molar-refractivity contribution >= 4 is 16.9 Å². The number of aliphatic imine (C=N–C) groups is 1. The van der Waals surface area contributed by atoms with E-state index in [4.69, 9.17) is 4.74 Å². The van der Waals surface area contributed by atoms with Crippen molar-refractivity contribution < 1.29 is 4.74 Å². The number of thioether (sulfide) groups is 1. The van der Waals surface area contributed by atoms with Gasteiger partial charge >= 0.3 is 0 Å². The summed E-state index contributed by atoms with van der Waals surface area (Å²) in [4.78, 5) is 4.55. The standard InChI is InChI=1S/C11H20N2OS/c1-8-5-12-11(15-7-8)13-9(2)10-3-4-14-6-10/h8-10H,3-7H2,1-2H3,(H,12,13). The van der Waals surface area contributed by atoms with Crippen LogP contribution in [0.25, 0.3) is 0 Å². The highest BCUT2D eigenvalue weighted by Gasteiger charge is 2.23. The van der Waals surface area contributed by atoms with Gasteiger partial charge < -0.3 is 10.1 Å². The SMILES string of the molecule is CC1CN=C(NC(C)C2CCOC2)SC1. The number of amidine groups is 1. The van der Waals surface area contributed by atoms with Crippen LogP contribution < -0.4 is 5.32 Å². The lowest BCUT2D eigenvalue weighted by Crippen LogP contribution is -2.38. The molecule has 0 aromatic rings. The predicted octanol–water partition coefficient (Wildman–Crippen LogP) is 1.74. The number of nitrogens with zero attached hydrogens (tertiary/aromatic N) is 1. The highest BCUT2D eigenvalue weighted by molar-refractivity contribution is 8.13. The first-order valence-corrected chi connectivity index (χ1v) is 6.76. The van der Waals surface area contributed by atoms with E-state index in [0.29, 0.717) is 12.0 Å². The number of hydrogen-bond donors (Lipinski definition) is 1. The number of hydrogen-bond acceptors (Lipinski definition) is 4. The molecule has 3 nitrogen and oxygen atoms in total. The van der Waals surface area contributed by atoms with Crippen LogP contribution in [0.15, 0.2) is 4.99 Å². The molecule has 2 aliphatic rings. The van der Waals surface area contributed by atoms with Crippen molar-refractivity contribution in [2.45, 2.75) is 26.3 Å². The first kappa shape index (κ1) is 11.3. The van der Waals surface area contributed by atoms with Crippen molar-refractivity contribution in [3.63, 3.8) is 0 Å². The van der Waals surface area contributed by atoms with Crippen LogP contribution in [0.4, 0.5) is 0 Å². The molecule has 2 heterocycles. The Morgan fingerprint density at radius 3 is 3.07 bits per heavy atom. The van der Waals surface area contributed by atoms with Crippen LogP contribution in [0, 0.1) is 11.8 Å². The molecule has 0 saturated carbocycles. The number of nitrogens with one attached hydrogen (secondary N) is 1. The predicted molar refractivity (Wildman–Crippen MR) is 65.4 cm³/mol. The molecule has 0 amide bonds. The topological polar surface area (TPSA) is 33.6 Å². The summed E-state index contributed by atoms with van der Waals surface area (Å²) in [7, 11) is 0. The van der Waals surface area contributed by atoms with Crippen molar-refractivity contribution in [2.24, 2.45) is 16.8 Å². The lowest BCUT2D eigenvalue weighted by Gasteiger charge is -2.24. The molecule has 0 aromatic carbocycles. The van der Waals surface area contributed by atoms with Crippen LogP contribution in [0.2, 0.25) is 0 Å². The van der Waals surface area contributed by atoms with E-state index in [1.165, 1.54) is 12.2 Å². The van der Waals surface area contributed by atoms with Gasteiger partial charge in [0.05, 0.1) is 6.61 Å². The molecule has 3 atom stereocenters. The van der Waals surface area contributed by atoms with Crippen molar-refractivity contribution in [1.29, 1.82) is 0 Å². The fourth-order valence-electron chi connectivity index (χ4n) is 1.91. The van der Waals surface area contributed by atoms with E-state index in [2.05, 4.69) is 24.2 Å². The molecular formula is C11H20N2OS. The molecule has 3 unspecified atom stereocenters. The van der Waals surface area contributed by atoms with Gasteiger partial charge in [0.25, 0.3) is 0 Å². The van der Waals surface area contributed by atoms with Crippen molar-refractivity contribution in [3.8, 4) is 0 Å². The van der Waals surface area contributed by atoms with Crippen molar-refractivity contribution in [1.82, 2.24) is 5.32 Å². The van der Waals surface area contributed by atoms with Crippen LogP contribution in [0.3, 0.4) is 0 Å². The Morgan fingerprint density at radius 1 is 1.60 bits per heavy atom. The van der Waals surface area contributed by atoms with E-state index in [1.807, 2.05) is 11.8 Å². The van der Waals surface area contributed by atoms with Crippen molar-refractivity contribution in [2.75, 3.05) is 25.5 Å². The molecule has 15 heavy (non-hydrogen) atoms. The fraction of sp³-hybridized carbons (Fsp3) is 0.909. The summed E-state index contributed by atoms with van der Waals surface area (Å²) >= 11 is 1.86. The minimum Gasteiger partial charge on any atom is -0.381 e. The van der Waals surface area contributed by atoms with Gasteiger partial charge in [-0.3, -0.25) is 4.99 Å². The monoisotopic (exact) mass is 228 g/mol. The van der Waals surface area contributed by atoms with Gasteiger partial charge in [-0.2, -0.15) is 0 Å². The van der Waals surface area contributed by atoms with Gasteiger partial charge in [-0.15, -0.1) is 0 Å². The minimum atomic E-state index is 0.493. The first-order valence-electron chi connectivity index (χ1n) is 5.77. The molecule has 1 fully saturated rings. The maximum Gasteiger partial charge on any atom is 0.156 e. The Balaban J connectivity index is 1.80. The summed E-state index contributed by atoms with van der Waals surface area (Å²) in [5.74, 6) is 2.58. The molecule has 4 heteroatoms. The Bertz CT molecular complexity index is 239. The Morgan fingerprint density at radius 2 is 2.47 bits per heavy atom. The van der Waals surface area contributed by atoms with Gasteiger partial charge in [0.15, 0.2) is 5.17 Å². The van der Waals surface area contributed by atoms with E-state index < -0.39 is 0 Å². The molecule has 2 aliphatic heterocycles. The molecule has 86 valence electrons. The zero-order valence-electron chi connectivity index (χ0n) is 9.53. The molecule has 0 aliphatic carbocycles. The lowest BCUT2D eigenvalue weighted by molar-refractivity contribution is 0.180. The second-order valence-electron chi connectivity index (χ2n) is 4.62. The van der Waals surface area contributed by atoms with Crippen LogP contribution in [0.1, 0.15) is 20.3 Å². The van der Waals surface area contributed by atoms with Crippen molar-refractivity contribution in [3.05, 3.63) is 0 Å². The van der Waals surface area contributed by atoms with Crippen LogP contribution in [-0.4, -0.2) is 36.7 Å². The summed E-state index contributed by atoms with van der Waals surface area (Å²) in [5, 5.41) is 4.65. The van der Waals surface area contributed by atoms with Crippen LogP contribution in [-0.2, 0) is 4.74 Å². The second kappa shape index (κ2) is 5.21. The van der Waals surface area contributed by atoms with E-state index >= 15 is 0 Å². The normalized spacial score (nSPS) is 33.6. The molecule has 0 radical (unpaired) electrons. The minimum absolute atomic E-state index is 0.493. The smallest absolute Gasteiger partial charge is 0.156 e. The highest BCUT2D eigenvalue weighted by Crippen LogP contribution is 2.20. The first-order chi connectivity index (χ1) is 7.25. The largest absolute Gasteiger partial charge is 0.381 e. The number of ether oxygens (including phenoxy) is 1. The lowest BCUT2D eigenvalue weighted by atomic mass is 10.0. The molecule has 0 spiro atoms. The van der Waals surface area contributed by atoms with Gasteiger partial charge in [-0.25, -0.2) is 0 Å². The quantitative estimate of drug-likeness (QED) is 0.781. The third kappa shape index (κ3) is 3.11. The molecule has 0 bridgehead atoms. The third-order valence-corrected chi connectivity index (χ3v) is 4.33. The van der Waals surface area contributed by atoms with E-state index in [-0.39, 0.29) is 0 Å². The highest BCUT2D eigenvalue weighted by atomic mass is 32.2. The van der Waals surface area contributed by atoms with Gasteiger partial charge in [0.1, 0.15) is 0 Å². The summed E-state index contributed by atoms with van der Waals surface area (Å²) in [6.45, 7) is 7.29. The Labute approximate surface area is 96.1 Å². The average Bonchev–Trinajstić information content (AvgIpc) is 2.74. The van der Waals surface area contributed by atoms with Gasteiger partial charge in [-0.05, 0) is 19.3 Å². The molecule has 2 rings (SSSR count). The summed E-state index contributed by atoms with van der Waals surface area (Å²) in [6.07, 6.45) is 1.18. The zero-order valence-corrected chi connectivity index (χ0v) is 10.3. The van der Waals surface area contributed by atoms with Crippen LogP contribution >= 0.6 is 11.8 Å². The van der Waals surface area contributed by atoms with Crippen LogP contribution in [0.5, 0.6) is 0 Å². The molecule has 1 saturated heterocycles. The summed E-state index contributed by atoms with van der Waals surface area (Å²) < 4.78 is 5.40. The Kier molecular flexibility index (Phi) is 3.92. The zero-order chi connectivity index (χ0) is 10.7. The summed E-state index contributed by atoms with van der Waals surface area (Å²) in [5.41, 5.74) is 0. The van der Waals surface area contributed by atoms with E-state index in [9.17, 15) is 0 Å². The average molecular weight is 228 g/mol. The van der Waals surface area contributed by atoms with Gasteiger partial charge in [0.2, 0.25) is 0 Å². The van der Waals surface area contributed by atoms with E-state index in [1.54, 1.807) is 0 Å². The number of rotatable bonds is 2. The van der Waals surface area contributed by atoms with E-state index in [0.717, 1.165) is 30.8 Å². The van der Waals surface area contributed by atoms with Gasteiger partial charge in [-0.1, -0.05) is 18.7 Å². The second-order valence-corrected chi connectivity index (χ2v) is 5.63. The Hall–Kier alpha value is -0.220.